The largest absolute Gasteiger partial charge is 0.421 e. The molecule has 0 saturated heterocycles. The summed E-state index contributed by atoms with van der Waals surface area (Å²) in [5.74, 6) is -0.814. The third-order valence-corrected chi connectivity index (χ3v) is 3.42. The maximum Gasteiger partial charge on any atom is 0.421 e. The second-order valence-corrected chi connectivity index (χ2v) is 4.67. The molecule has 0 saturated carbocycles. The molecule has 2 heterocycles. The van der Waals surface area contributed by atoms with E-state index in [2.05, 4.69) is 10.3 Å². The molecule has 108 valence electrons. The summed E-state index contributed by atoms with van der Waals surface area (Å²) in [6.07, 6.45) is 1.59. The van der Waals surface area contributed by atoms with Crippen LogP contribution in [0.15, 0.2) is 51.8 Å². The zero-order valence-corrected chi connectivity index (χ0v) is 11.4. The molecule has 0 radical (unpaired) electrons. The normalized spacial score (nSPS) is 12.7. The average molecular weight is 287 g/mol. The van der Waals surface area contributed by atoms with Crippen LogP contribution >= 0.6 is 0 Å². The number of benzene rings is 1. The molecule has 1 unspecified atom stereocenters. The number of hydrogen-bond donors (Lipinski definition) is 1. The van der Waals surface area contributed by atoms with E-state index in [0.717, 1.165) is 0 Å². The molecule has 5 nitrogen and oxygen atoms in total. The van der Waals surface area contributed by atoms with Crippen molar-refractivity contribution in [3.8, 4) is 0 Å². The summed E-state index contributed by atoms with van der Waals surface area (Å²) >= 11 is 0. The quantitative estimate of drug-likeness (QED) is 0.798. The molecule has 2 aromatic heterocycles. The first-order valence-electron chi connectivity index (χ1n) is 6.56. The van der Waals surface area contributed by atoms with Crippen molar-refractivity contribution in [1.82, 2.24) is 14.9 Å². The van der Waals surface area contributed by atoms with Crippen molar-refractivity contribution in [2.45, 2.75) is 12.6 Å². The predicted molar refractivity (Wildman–Crippen MR) is 76.5 cm³/mol. The van der Waals surface area contributed by atoms with Gasteiger partial charge in [0.15, 0.2) is 11.2 Å². The summed E-state index contributed by atoms with van der Waals surface area (Å²) in [6.45, 7) is 0.236. The maximum atomic E-state index is 13.9. The van der Waals surface area contributed by atoms with Crippen LogP contribution in [-0.4, -0.2) is 16.6 Å². The van der Waals surface area contributed by atoms with Crippen molar-refractivity contribution in [2.24, 2.45) is 0 Å². The number of likely N-dealkylation sites (N-methyl/N-ethyl adjacent to an activating group) is 1. The molecule has 21 heavy (non-hydrogen) atoms. The molecule has 1 N–H and O–H groups in total. The van der Waals surface area contributed by atoms with Crippen molar-refractivity contribution in [1.29, 1.82) is 0 Å². The van der Waals surface area contributed by atoms with E-state index in [9.17, 15) is 9.18 Å². The molecule has 0 spiro atoms. The van der Waals surface area contributed by atoms with Crippen LogP contribution in [0.5, 0.6) is 0 Å². The Balaban J connectivity index is 2.02. The molecule has 0 bridgehead atoms. The third-order valence-electron chi connectivity index (χ3n) is 3.42. The first-order chi connectivity index (χ1) is 10.2. The fraction of sp³-hybridized carbons (Fsp3) is 0.200. The number of nitrogens with one attached hydrogen (secondary N) is 1. The van der Waals surface area contributed by atoms with E-state index in [0.29, 0.717) is 16.8 Å². The van der Waals surface area contributed by atoms with E-state index in [4.69, 9.17) is 4.42 Å². The monoisotopic (exact) mass is 287 g/mol. The van der Waals surface area contributed by atoms with Gasteiger partial charge in [-0.15, -0.1) is 0 Å². The minimum Gasteiger partial charge on any atom is -0.406 e. The molecule has 1 atom stereocenters. The lowest BCUT2D eigenvalue weighted by Gasteiger charge is -2.17. The van der Waals surface area contributed by atoms with Crippen molar-refractivity contribution in [3.63, 3.8) is 0 Å². The van der Waals surface area contributed by atoms with Crippen molar-refractivity contribution < 1.29 is 8.81 Å². The molecule has 0 amide bonds. The van der Waals surface area contributed by atoms with Crippen molar-refractivity contribution >= 4 is 11.2 Å². The Labute approximate surface area is 120 Å². The molecule has 6 heteroatoms. The standard InChI is InChI=1S/C15H14FN3O2/c1-17-12(10-5-2-3-6-11(10)16)9-19-14-13(21-15(19)20)7-4-8-18-14/h2-8,12,17H,9H2,1H3. The fourth-order valence-electron chi connectivity index (χ4n) is 2.35. The van der Waals surface area contributed by atoms with Crippen LogP contribution in [0.3, 0.4) is 0 Å². The zero-order chi connectivity index (χ0) is 14.8. The minimum absolute atomic E-state index is 0.236. The van der Waals surface area contributed by atoms with Gasteiger partial charge in [-0.25, -0.2) is 14.2 Å². The number of oxazole rings is 1. The van der Waals surface area contributed by atoms with E-state index >= 15 is 0 Å². The summed E-state index contributed by atoms with van der Waals surface area (Å²) in [4.78, 5) is 16.1. The zero-order valence-electron chi connectivity index (χ0n) is 11.4. The SMILES string of the molecule is CNC(Cn1c(=O)oc2cccnc21)c1ccccc1F. The number of fused-ring (bicyclic) bond motifs is 1. The molecule has 1 aromatic carbocycles. The van der Waals surface area contributed by atoms with Gasteiger partial charge >= 0.3 is 5.76 Å². The highest BCUT2D eigenvalue weighted by molar-refractivity contribution is 5.67. The highest BCUT2D eigenvalue weighted by atomic mass is 19.1. The lowest BCUT2D eigenvalue weighted by atomic mass is 10.1. The summed E-state index contributed by atoms with van der Waals surface area (Å²) in [7, 11) is 1.72. The molecule has 0 aliphatic heterocycles. The lowest BCUT2D eigenvalue weighted by Crippen LogP contribution is -2.27. The Hall–Kier alpha value is -2.47. The lowest BCUT2D eigenvalue weighted by molar-refractivity contribution is 0.438. The summed E-state index contributed by atoms with van der Waals surface area (Å²) < 4.78 is 20.4. The number of aromatic nitrogens is 2. The van der Waals surface area contributed by atoms with E-state index < -0.39 is 5.76 Å². The fourth-order valence-corrected chi connectivity index (χ4v) is 2.35. The number of rotatable bonds is 4. The topological polar surface area (TPSA) is 60.1 Å². The van der Waals surface area contributed by atoms with Gasteiger partial charge in [0.2, 0.25) is 0 Å². The van der Waals surface area contributed by atoms with Gasteiger partial charge in [-0.3, -0.25) is 4.57 Å². The van der Waals surface area contributed by atoms with E-state index in [-0.39, 0.29) is 18.4 Å². The highest BCUT2D eigenvalue weighted by Gasteiger charge is 2.18. The van der Waals surface area contributed by atoms with Crippen LogP contribution in [0.25, 0.3) is 11.2 Å². The van der Waals surface area contributed by atoms with Crippen LogP contribution in [-0.2, 0) is 6.54 Å². The van der Waals surface area contributed by atoms with Gasteiger partial charge in [-0.1, -0.05) is 18.2 Å². The van der Waals surface area contributed by atoms with Crippen LogP contribution < -0.4 is 11.1 Å². The highest BCUT2D eigenvalue weighted by Crippen LogP contribution is 2.19. The van der Waals surface area contributed by atoms with Crippen LogP contribution in [0, 0.1) is 5.82 Å². The number of hydrogen-bond acceptors (Lipinski definition) is 4. The van der Waals surface area contributed by atoms with Crippen molar-refractivity contribution in [3.05, 3.63) is 64.5 Å². The van der Waals surface area contributed by atoms with Gasteiger partial charge < -0.3 is 9.73 Å². The Morgan fingerprint density at radius 2 is 2.14 bits per heavy atom. The third kappa shape index (κ3) is 2.45. The van der Waals surface area contributed by atoms with E-state index in [1.165, 1.54) is 10.6 Å². The molecule has 0 aliphatic rings. The molecule has 0 fully saturated rings. The average Bonchev–Trinajstić information content (AvgIpc) is 2.81. The van der Waals surface area contributed by atoms with Crippen LogP contribution in [0.2, 0.25) is 0 Å². The number of nitrogens with zero attached hydrogens (tertiary/aromatic N) is 2. The summed E-state index contributed by atoms with van der Waals surface area (Å²) in [5, 5.41) is 3.02. The van der Waals surface area contributed by atoms with Gasteiger partial charge in [0.05, 0.1) is 12.6 Å². The summed E-state index contributed by atoms with van der Waals surface area (Å²) in [6, 6.07) is 9.50. The van der Waals surface area contributed by atoms with Crippen LogP contribution in [0.4, 0.5) is 4.39 Å². The second-order valence-electron chi connectivity index (χ2n) is 4.67. The Morgan fingerprint density at radius 1 is 1.33 bits per heavy atom. The van der Waals surface area contributed by atoms with Crippen molar-refractivity contribution in [2.75, 3.05) is 7.05 Å². The number of halogens is 1. The molecule has 3 rings (SSSR count). The molecular weight excluding hydrogens is 273 g/mol. The van der Waals surface area contributed by atoms with Gasteiger partial charge in [0.25, 0.3) is 0 Å². The molecule has 3 aromatic rings. The van der Waals surface area contributed by atoms with Gasteiger partial charge in [0.1, 0.15) is 5.82 Å². The predicted octanol–water partition coefficient (Wildman–Crippen LogP) is 2.09. The molecular formula is C15H14FN3O2. The molecule has 0 aliphatic carbocycles. The second kappa shape index (κ2) is 5.49. The minimum atomic E-state index is -0.500. The first-order valence-corrected chi connectivity index (χ1v) is 6.56. The Bertz CT molecular complexity index is 825. The van der Waals surface area contributed by atoms with Gasteiger partial charge in [-0.2, -0.15) is 0 Å². The van der Waals surface area contributed by atoms with Gasteiger partial charge in [-0.05, 0) is 25.2 Å². The van der Waals surface area contributed by atoms with E-state index in [1.807, 2.05) is 0 Å². The maximum absolute atomic E-state index is 13.9. The Kier molecular flexibility index (Phi) is 3.53. The number of pyridine rings is 1. The van der Waals surface area contributed by atoms with E-state index in [1.54, 1.807) is 43.6 Å². The van der Waals surface area contributed by atoms with Crippen LogP contribution in [0.1, 0.15) is 11.6 Å². The smallest absolute Gasteiger partial charge is 0.406 e. The van der Waals surface area contributed by atoms with Gasteiger partial charge in [0, 0.05) is 11.8 Å². The Morgan fingerprint density at radius 3 is 2.90 bits per heavy atom. The summed E-state index contributed by atoms with van der Waals surface area (Å²) in [5.41, 5.74) is 1.38. The first kappa shape index (κ1) is 13.5.